The first-order valence-corrected chi connectivity index (χ1v) is 14.0. The van der Waals surface area contributed by atoms with Gasteiger partial charge >= 0.3 is 7.60 Å². The smallest absolute Gasteiger partial charge is 0.368 e. The van der Waals surface area contributed by atoms with Gasteiger partial charge in [0.25, 0.3) is 0 Å². The van der Waals surface area contributed by atoms with E-state index >= 15 is 0 Å². The van der Waals surface area contributed by atoms with Crippen molar-refractivity contribution < 1.29 is 23.5 Å². The first-order chi connectivity index (χ1) is 16.3. The van der Waals surface area contributed by atoms with Crippen molar-refractivity contribution in [1.82, 2.24) is 0 Å². The van der Waals surface area contributed by atoms with Crippen LogP contribution >= 0.6 is 23.5 Å². The van der Waals surface area contributed by atoms with Gasteiger partial charge in [-0.3, -0.25) is 9.09 Å². The average molecular weight is 545 g/mol. The number of ether oxygens (including phenoxy) is 1. The van der Waals surface area contributed by atoms with Crippen LogP contribution in [0.25, 0.3) is 0 Å². The van der Waals surface area contributed by atoms with Crippen LogP contribution in [0.4, 0.5) is 0 Å². The number of phenolic OH excluding ortho intramolecular Hbond substituents is 1. The maximum Gasteiger partial charge on any atom is 0.368 e. The van der Waals surface area contributed by atoms with E-state index < -0.39 is 7.60 Å². The van der Waals surface area contributed by atoms with Crippen LogP contribution in [0.15, 0.2) is 59.1 Å². The molecule has 1 saturated heterocycles. The summed E-state index contributed by atoms with van der Waals surface area (Å²) in [6.07, 6.45) is 1.78. The van der Waals surface area contributed by atoms with Gasteiger partial charge in [-0.05, 0) is 90.4 Å². The summed E-state index contributed by atoms with van der Waals surface area (Å²) in [6, 6.07) is 17.5. The minimum atomic E-state index is -3.39. The van der Waals surface area contributed by atoms with E-state index in [0.29, 0.717) is 24.5 Å². The highest BCUT2D eigenvalue weighted by molar-refractivity contribution is 9.10. The van der Waals surface area contributed by atoms with Crippen LogP contribution in [-0.2, 0) is 26.5 Å². The topological polar surface area (TPSA) is 65.0 Å². The Labute approximate surface area is 209 Å². The number of hydrogen-bond acceptors (Lipinski definition) is 5. The fourth-order valence-corrected chi connectivity index (χ4v) is 6.20. The number of halogens is 1. The molecular weight excluding hydrogens is 515 g/mol. The van der Waals surface area contributed by atoms with Crippen molar-refractivity contribution in [1.29, 1.82) is 0 Å². The Bertz CT molecular complexity index is 1200. The third kappa shape index (κ3) is 5.92. The number of rotatable bonds is 7. The van der Waals surface area contributed by atoms with E-state index in [-0.39, 0.29) is 12.5 Å². The Morgan fingerprint density at radius 3 is 2.59 bits per heavy atom. The summed E-state index contributed by atoms with van der Waals surface area (Å²) in [5, 5.41) is 9.97. The largest absolute Gasteiger partial charge is 0.508 e. The van der Waals surface area contributed by atoms with Gasteiger partial charge in [0.1, 0.15) is 11.5 Å². The van der Waals surface area contributed by atoms with Gasteiger partial charge in [-0.1, -0.05) is 47.1 Å². The fraction of sp³-hybridized carbons (Fsp3) is 0.333. The van der Waals surface area contributed by atoms with E-state index in [2.05, 4.69) is 35.8 Å². The lowest BCUT2D eigenvalue weighted by Gasteiger charge is -2.30. The number of aromatic hydroxyl groups is 1. The molecular formula is C27H30BrO5P. The van der Waals surface area contributed by atoms with Crippen LogP contribution in [0.2, 0.25) is 0 Å². The normalized spacial score (nSPS) is 20.3. The van der Waals surface area contributed by atoms with E-state index in [0.717, 1.165) is 45.1 Å². The third-order valence-electron chi connectivity index (χ3n) is 6.14. The molecule has 1 unspecified atom stereocenters. The quantitative estimate of drug-likeness (QED) is 0.309. The van der Waals surface area contributed by atoms with Crippen LogP contribution in [0.1, 0.15) is 52.8 Å². The Balaban J connectivity index is 1.44. The van der Waals surface area contributed by atoms with E-state index in [1.807, 2.05) is 49.4 Å². The maximum atomic E-state index is 13.2. The van der Waals surface area contributed by atoms with Gasteiger partial charge in [-0.15, -0.1) is 0 Å². The highest BCUT2D eigenvalue weighted by atomic mass is 79.9. The zero-order chi connectivity index (χ0) is 24.3. The zero-order valence-corrected chi connectivity index (χ0v) is 22.2. The number of benzene rings is 3. The molecule has 3 aromatic rings. The van der Waals surface area contributed by atoms with Crippen molar-refractivity contribution in [3.8, 4) is 11.5 Å². The second kappa shape index (κ2) is 10.7. The monoisotopic (exact) mass is 544 g/mol. The molecule has 1 N–H and O–H groups in total. The number of phenols is 1. The molecule has 0 aromatic heterocycles. The van der Waals surface area contributed by atoms with Crippen molar-refractivity contribution in [2.24, 2.45) is 0 Å². The predicted molar refractivity (Wildman–Crippen MR) is 138 cm³/mol. The van der Waals surface area contributed by atoms with Gasteiger partial charge in [-0.2, -0.15) is 0 Å². The zero-order valence-electron chi connectivity index (χ0n) is 19.7. The highest BCUT2D eigenvalue weighted by Gasteiger charge is 2.35. The lowest BCUT2D eigenvalue weighted by Crippen LogP contribution is -2.17. The van der Waals surface area contributed by atoms with Gasteiger partial charge in [0.2, 0.25) is 0 Å². The van der Waals surface area contributed by atoms with Crippen LogP contribution in [0, 0.1) is 13.8 Å². The minimum Gasteiger partial charge on any atom is -0.508 e. The summed E-state index contributed by atoms with van der Waals surface area (Å²) in [5.74, 6) is 0.985. The summed E-state index contributed by atoms with van der Waals surface area (Å²) in [6.45, 7) is 6.50. The molecule has 5 nitrogen and oxygen atoms in total. The predicted octanol–water partition coefficient (Wildman–Crippen LogP) is 7.63. The van der Waals surface area contributed by atoms with Crippen molar-refractivity contribution in [2.45, 2.75) is 46.1 Å². The molecule has 0 aliphatic carbocycles. The van der Waals surface area contributed by atoms with Crippen molar-refractivity contribution >= 4 is 23.5 Å². The Kier molecular flexibility index (Phi) is 7.83. The molecule has 1 aliphatic rings. The first-order valence-electron chi connectivity index (χ1n) is 11.5. The van der Waals surface area contributed by atoms with E-state index in [9.17, 15) is 9.67 Å². The molecule has 7 heteroatoms. The van der Waals surface area contributed by atoms with E-state index in [1.165, 1.54) is 5.56 Å². The summed E-state index contributed by atoms with van der Waals surface area (Å²) in [5.41, 5.74) is 6.47. The molecule has 180 valence electrons. The molecule has 0 amide bonds. The molecule has 1 aliphatic heterocycles. The van der Waals surface area contributed by atoms with Gasteiger partial charge in [0.05, 0.1) is 12.7 Å². The number of aryl methyl sites for hydroxylation is 3. The van der Waals surface area contributed by atoms with E-state index in [4.69, 9.17) is 13.8 Å². The molecule has 0 saturated carbocycles. The summed E-state index contributed by atoms with van der Waals surface area (Å²) < 4.78 is 31.6. The SMILES string of the molecule is CCc1cc(Cc2c(C)cc(OC[P@]3(=O)OCCC(c4cccc(Br)c4)O3)cc2C)ccc1O. The minimum absolute atomic E-state index is 0.131. The lowest BCUT2D eigenvalue weighted by atomic mass is 9.94. The van der Waals surface area contributed by atoms with Crippen LogP contribution in [0.3, 0.4) is 0 Å². The molecule has 4 rings (SSSR count). The molecule has 34 heavy (non-hydrogen) atoms. The first kappa shape index (κ1) is 25.0. The van der Waals surface area contributed by atoms with Crippen LogP contribution in [0.5, 0.6) is 11.5 Å². The molecule has 0 radical (unpaired) electrons. The molecule has 1 heterocycles. The maximum absolute atomic E-state index is 13.2. The molecule has 2 atom stereocenters. The van der Waals surface area contributed by atoms with Crippen molar-refractivity contribution in [3.63, 3.8) is 0 Å². The summed E-state index contributed by atoms with van der Waals surface area (Å²) in [7, 11) is -3.39. The molecule has 0 spiro atoms. The van der Waals surface area contributed by atoms with Crippen molar-refractivity contribution in [2.75, 3.05) is 13.0 Å². The van der Waals surface area contributed by atoms with Gasteiger partial charge in [-0.25, -0.2) is 0 Å². The van der Waals surface area contributed by atoms with Crippen LogP contribution < -0.4 is 4.74 Å². The number of hydrogen-bond donors (Lipinski definition) is 1. The fourth-order valence-electron chi connectivity index (χ4n) is 4.28. The molecule has 3 aromatic carbocycles. The van der Waals surface area contributed by atoms with Crippen LogP contribution in [-0.4, -0.2) is 18.1 Å². The second-order valence-electron chi connectivity index (χ2n) is 8.68. The third-order valence-corrected chi connectivity index (χ3v) is 8.23. The average Bonchev–Trinajstić information content (AvgIpc) is 2.81. The second-order valence-corrected chi connectivity index (χ2v) is 11.5. The van der Waals surface area contributed by atoms with Gasteiger partial charge < -0.3 is 14.4 Å². The van der Waals surface area contributed by atoms with Gasteiger partial charge in [0, 0.05) is 10.9 Å². The summed E-state index contributed by atoms with van der Waals surface area (Å²) >= 11 is 3.48. The van der Waals surface area contributed by atoms with E-state index in [1.54, 1.807) is 6.07 Å². The standard InChI is InChI=1S/C27H30BrO5P/c1-4-21-14-20(8-9-26(21)29)15-25-18(2)12-24(13-19(25)3)31-17-34(30)32-11-10-27(33-34)22-6-5-7-23(28)16-22/h5-9,12-14,16,27,29H,4,10-11,15,17H2,1-3H3/t27?,34-/m0/s1. The Morgan fingerprint density at radius 1 is 1.12 bits per heavy atom. The van der Waals surface area contributed by atoms with Gasteiger partial charge in [0.15, 0.2) is 6.35 Å². The highest BCUT2D eigenvalue weighted by Crippen LogP contribution is 2.56. The summed E-state index contributed by atoms with van der Waals surface area (Å²) in [4.78, 5) is 0. The Hall–Kier alpha value is -2.11. The Morgan fingerprint density at radius 2 is 1.88 bits per heavy atom. The van der Waals surface area contributed by atoms with Crippen molar-refractivity contribution in [3.05, 3.63) is 92.5 Å². The lowest BCUT2D eigenvalue weighted by molar-refractivity contribution is 0.0725. The molecule has 0 bridgehead atoms. The molecule has 1 fully saturated rings.